The van der Waals surface area contributed by atoms with Gasteiger partial charge in [0.05, 0.1) is 11.1 Å². The molecule has 0 saturated heterocycles. The zero-order valence-electron chi connectivity index (χ0n) is 33.9. The van der Waals surface area contributed by atoms with Crippen LogP contribution in [0, 0.1) is 0 Å². The van der Waals surface area contributed by atoms with E-state index in [1.165, 1.54) is 24.3 Å². The molecule has 6 heteroatoms. The number of alkyl halides is 6. The van der Waals surface area contributed by atoms with Crippen LogP contribution in [0.4, 0.5) is 26.3 Å². The Morgan fingerprint density at radius 2 is 0.656 bits per heavy atom. The molecule has 0 N–H and O–H groups in total. The Morgan fingerprint density at radius 1 is 0.219 bits per heavy atom. The minimum atomic E-state index is -4.62. The first-order valence-electron chi connectivity index (χ1n) is 20.9. The molecule has 0 aromatic heterocycles. The van der Waals surface area contributed by atoms with Crippen LogP contribution < -0.4 is 0 Å². The van der Waals surface area contributed by atoms with Gasteiger partial charge in [-0.3, -0.25) is 0 Å². The zero-order chi connectivity index (χ0) is 43.7. The van der Waals surface area contributed by atoms with Crippen molar-refractivity contribution in [1.29, 1.82) is 0 Å². The van der Waals surface area contributed by atoms with Gasteiger partial charge in [-0.25, -0.2) is 0 Å². The van der Waals surface area contributed by atoms with Crippen molar-refractivity contribution in [3.63, 3.8) is 0 Å². The number of halogens is 6. The Kier molecular flexibility index (Phi) is 9.17. The highest BCUT2D eigenvalue weighted by Crippen LogP contribution is 2.51. The summed E-state index contributed by atoms with van der Waals surface area (Å²) in [5, 5.41) is 8.22. The van der Waals surface area contributed by atoms with E-state index < -0.39 is 23.5 Å². The molecule has 0 aliphatic carbocycles. The first-order valence-corrected chi connectivity index (χ1v) is 20.9. The van der Waals surface area contributed by atoms with E-state index in [4.69, 9.17) is 0 Å². The molecule has 11 aromatic carbocycles. The third kappa shape index (κ3) is 6.65. The van der Waals surface area contributed by atoms with Crippen molar-refractivity contribution in [1.82, 2.24) is 0 Å². The maximum atomic E-state index is 14.6. The predicted octanol–water partition coefficient (Wildman–Crippen LogP) is 17.8. The summed E-state index contributed by atoms with van der Waals surface area (Å²) in [5.74, 6) is 0. The molecular formula is C58H34F6. The molecule has 0 unspecified atom stereocenters. The zero-order valence-corrected chi connectivity index (χ0v) is 33.9. The molecule has 64 heavy (non-hydrogen) atoms. The summed E-state index contributed by atoms with van der Waals surface area (Å²) in [7, 11) is 0. The Labute approximate surface area is 364 Å². The Morgan fingerprint density at radius 3 is 1.30 bits per heavy atom. The second kappa shape index (κ2) is 15.0. The molecule has 11 aromatic rings. The van der Waals surface area contributed by atoms with E-state index in [2.05, 4.69) is 60.7 Å². The van der Waals surface area contributed by atoms with Crippen LogP contribution >= 0.6 is 0 Å². The second-order valence-electron chi connectivity index (χ2n) is 16.2. The summed E-state index contributed by atoms with van der Waals surface area (Å²) in [6.45, 7) is 0. The molecular weight excluding hydrogens is 811 g/mol. The lowest BCUT2D eigenvalue weighted by atomic mass is 9.80. The maximum Gasteiger partial charge on any atom is 0.416 e. The Balaban J connectivity index is 1.38. The molecule has 0 spiro atoms. The lowest BCUT2D eigenvalue weighted by molar-refractivity contribution is -0.138. The van der Waals surface area contributed by atoms with Crippen LogP contribution in [0.1, 0.15) is 11.1 Å². The number of fused-ring (bicyclic) bond motifs is 6. The monoisotopic (exact) mass is 844 g/mol. The van der Waals surface area contributed by atoms with Crippen LogP contribution in [0.5, 0.6) is 0 Å². The van der Waals surface area contributed by atoms with Crippen molar-refractivity contribution in [3.8, 4) is 55.6 Å². The molecule has 0 amide bonds. The Hall–Kier alpha value is -7.70. The molecule has 0 aliphatic heterocycles. The van der Waals surface area contributed by atoms with Gasteiger partial charge >= 0.3 is 12.4 Å². The lowest BCUT2D eigenvalue weighted by Gasteiger charge is -2.23. The van der Waals surface area contributed by atoms with E-state index in [1.54, 1.807) is 12.1 Å². The summed E-state index contributed by atoms with van der Waals surface area (Å²) in [5.41, 5.74) is 5.73. The highest BCUT2D eigenvalue weighted by atomic mass is 19.4. The molecule has 0 fully saturated rings. The molecule has 0 heterocycles. The van der Waals surface area contributed by atoms with Gasteiger partial charge in [0.1, 0.15) is 0 Å². The SMILES string of the molecule is FC(F)(F)c1cccc(-c2c3ccc(-c4ccccc4)cc3c(-c3cccc(C(F)(F)F)c3)c3cc4c(cc23)c(-c2ccccc2)c(-c2ccc3ccccc3c2)c2ccccc24)c1. The van der Waals surface area contributed by atoms with Gasteiger partial charge in [0.2, 0.25) is 0 Å². The fourth-order valence-electron chi connectivity index (χ4n) is 9.59. The van der Waals surface area contributed by atoms with Crippen molar-refractivity contribution in [3.05, 3.63) is 217 Å². The molecule has 308 valence electrons. The molecule has 0 radical (unpaired) electrons. The molecule has 0 aliphatic rings. The smallest absolute Gasteiger partial charge is 0.166 e. The highest BCUT2D eigenvalue weighted by Gasteiger charge is 2.33. The summed E-state index contributed by atoms with van der Waals surface area (Å²) in [6.07, 6.45) is -9.25. The number of rotatable bonds is 5. The van der Waals surface area contributed by atoms with Gasteiger partial charge in [0.25, 0.3) is 0 Å². The fraction of sp³-hybridized carbons (Fsp3) is 0.0345. The van der Waals surface area contributed by atoms with Gasteiger partial charge in [-0.2, -0.15) is 26.3 Å². The molecule has 0 saturated carbocycles. The van der Waals surface area contributed by atoms with Crippen molar-refractivity contribution in [2.24, 2.45) is 0 Å². The largest absolute Gasteiger partial charge is 0.416 e. The van der Waals surface area contributed by atoms with Crippen molar-refractivity contribution in [2.75, 3.05) is 0 Å². The predicted molar refractivity (Wildman–Crippen MR) is 251 cm³/mol. The minimum Gasteiger partial charge on any atom is -0.166 e. The Bertz CT molecular complexity index is 3620. The molecule has 11 rings (SSSR count). The number of hydrogen-bond donors (Lipinski definition) is 0. The van der Waals surface area contributed by atoms with Crippen molar-refractivity contribution < 1.29 is 26.3 Å². The summed E-state index contributed by atoms with van der Waals surface area (Å²) < 4.78 is 87.5. The molecule has 0 bridgehead atoms. The van der Waals surface area contributed by atoms with Crippen molar-refractivity contribution >= 4 is 53.9 Å². The number of benzene rings is 11. The summed E-state index contributed by atoms with van der Waals surface area (Å²) >= 11 is 0. The highest BCUT2D eigenvalue weighted by molar-refractivity contribution is 6.29. The van der Waals surface area contributed by atoms with Crippen LogP contribution in [-0.2, 0) is 12.4 Å². The molecule has 0 atom stereocenters. The van der Waals surface area contributed by atoms with E-state index in [-0.39, 0.29) is 0 Å². The van der Waals surface area contributed by atoms with E-state index in [1.807, 2.05) is 97.1 Å². The average Bonchev–Trinajstić information content (AvgIpc) is 3.32. The van der Waals surface area contributed by atoms with Gasteiger partial charge in [-0.05, 0) is 158 Å². The van der Waals surface area contributed by atoms with E-state index >= 15 is 0 Å². The minimum absolute atomic E-state index is 0.337. The average molecular weight is 845 g/mol. The standard InChI is InChI=1S/C58H34F6/c59-57(60,61)43-21-11-19-40(30-43)53-47-28-27-39(35-13-3-1-4-14-35)32-49(47)54(41-20-12-22-44(31-41)58(62,63)64)51-33-48-45-23-9-10-24-46(45)56(42-26-25-36-15-7-8-18-38(36)29-42)55(50(48)34-52(51)53)37-16-5-2-6-17-37/h1-34H. The quantitative estimate of drug-likeness (QED) is 0.0920. The van der Waals surface area contributed by atoms with E-state index in [9.17, 15) is 26.3 Å². The number of hydrogen-bond acceptors (Lipinski definition) is 0. The normalized spacial score (nSPS) is 12.2. The third-order valence-corrected chi connectivity index (χ3v) is 12.4. The van der Waals surface area contributed by atoms with Crippen LogP contribution in [0.2, 0.25) is 0 Å². The van der Waals surface area contributed by atoms with Gasteiger partial charge in [0.15, 0.2) is 0 Å². The van der Waals surface area contributed by atoms with Gasteiger partial charge in [-0.1, -0.05) is 158 Å². The first-order chi connectivity index (χ1) is 31.0. The van der Waals surface area contributed by atoms with Gasteiger partial charge < -0.3 is 0 Å². The van der Waals surface area contributed by atoms with E-state index in [0.29, 0.717) is 43.8 Å². The summed E-state index contributed by atoms with van der Waals surface area (Å²) in [4.78, 5) is 0. The van der Waals surface area contributed by atoms with Crippen LogP contribution in [0.15, 0.2) is 206 Å². The van der Waals surface area contributed by atoms with Crippen LogP contribution in [-0.4, -0.2) is 0 Å². The second-order valence-corrected chi connectivity index (χ2v) is 16.2. The fourth-order valence-corrected chi connectivity index (χ4v) is 9.59. The third-order valence-electron chi connectivity index (χ3n) is 12.4. The van der Waals surface area contributed by atoms with Crippen LogP contribution in [0.25, 0.3) is 109 Å². The summed E-state index contributed by atoms with van der Waals surface area (Å²) in [6, 6.07) is 63.0. The van der Waals surface area contributed by atoms with Crippen molar-refractivity contribution in [2.45, 2.75) is 12.4 Å². The maximum absolute atomic E-state index is 14.6. The van der Waals surface area contributed by atoms with E-state index in [0.717, 1.165) is 77.8 Å². The first kappa shape index (κ1) is 39.2. The lowest BCUT2D eigenvalue weighted by Crippen LogP contribution is -2.05. The molecule has 0 nitrogen and oxygen atoms in total. The van der Waals surface area contributed by atoms with Gasteiger partial charge in [-0.15, -0.1) is 0 Å². The topological polar surface area (TPSA) is 0 Å². The van der Waals surface area contributed by atoms with Gasteiger partial charge in [0, 0.05) is 0 Å². The van der Waals surface area contributed by atoms with Crippen LogP contribution in [0.3, 0.4) is 0 Å².